The fraction of sp³-hybridized carbons (Fsp3) is 0.375. The van der Waals surface area contributed by atoms with Crippen molar-refractivity contribution < 1.29 is 22.7 Å². The molecule has 0 aromatic carbocycles. The largest absolute Gasteiger partial charge is 0.461 e. The van der Waals surface area contributed by atoms with E-state index in [0.29, 0.717) is 23.4 Å². The number of thiophene rings is 1. The molecule has 0 saturated heterocycles. The number of aryl methyl sites for hydroxylation is 3. The molecule has 2 aromatic rings. The Morgan fingerprint density at radius 3 is 2.41 bits per heavy atom. The van der Waals surface area contributed by atoms with Crippen LogP contribution in [0.3, 0.4) is 0 Å². The molecule has 2 heterocycles. The van der Waals surface area contributed by atoms with E-state index >= 15 is 0 Å². The number of rotatable bonds is 6. The van der Waals surface area contributed by atoms with Crippen LogP contribution in [0.5, 0.6) is 0 Å². The van der Waals surface area contributed by atoms with E-state index in [9.17, 15) is 18.0 Å². The SMILES string of the molecule is CCCOC(=O)c1scc(C)c1S(=O)(=O)NC(=O)Nc1nc(C)cc(C)n1. The molecule has 0 fully saturated rings. The molecule has 0 radical (unpaired) electrons. The lowest BCUT2D eigenvalue weighted by Gasteiger charge is -2.10. The minimum atomic E-state index is -4.30. The lowest BCUT2D eigenvalue weighted by Crippen LogP contribution is -2.35. The molecule has 9 nitrogen and oxygen atoms in total. The zero-order valence-electron chi connectivity index (χ0n) is 15.3. The highest BCUT2D eigenvalue weighted by atomic mass is 32.2. The number of carbonyl (C=O) groups is 2. The van der Waals surface area contributed by atoms with Crippen molar-refractivity contribution >= 4 is 39.3 Å². The van der Waals surface area contributed by atoms with Gasteiger partial charge in [0.15, 0.2) is 0 Å². The highest BCUT2D eigenvalue weighted by Gasteiger charge is 2.29. The fourth-order valence-corrected chi connectivity index (χ4v) is 4.84. The maximum atomic E-state index is 12.6. The number of anilines is 1. The molecule has 2 rings (SSSR count). The summed E-state index contributed by atoms with van der Waals surface area (Å²) < 4.78 is 32.2. The summed E-state index contributed by atoms with van der Waals surface area (Å²) >= 11 is 0.946. The van der Waals surface area contributed by atoms with E-state index in [1.807, 2.05) is 11.6 Å². The van der Waals surface area contributed by atoms with Crippen LogP contribution < -0.4 is 10.0 Å². The first-order chi connectivity index (χ1) is 12.6. The molecule has 0 aliphatic rings. The molecule has 11 heteroatoms. The number of esters is 1. The van der Waals surface area contributed by atoms with E-state index in [1.54, 1.807) is 19.9 Å². The van der Waals surface area contributed by atoms with Gasteiger partial charge in [-0.2, -0.15) is 0 Å². The summed E-state index contributed by atoms with van der Waals surface area (Å²) in [4.78, 5) is 31.9. The summed E-state index contributed by atoms with van der Waals surface area (Å²) in [6.07, 6.45) is 0.606. The van der Waals surface area contributed by atoms with Gasteiger partial charge in [-0.25, -0.2) is 32.7 Å². The molecule has 0 aliphatic heterocycles. The van der Waals surface area contributed by atoms with Crippen molar-refractivity contribution in [1.29, 1.82) is 0 Å². The average molecular weight is 412 g/mol. The molecule has 0 unspecified atom stereocenters. The first-order valence-corrected chi connectivity index (χ1v) is 10.4. The van der Waals surface area contributed by atoms with E-state index in [-0.39, 0.29) is 22.3 Å². The molecule has 0 aliphatic carbocycles. The highest BCUT2D eigenvalue weighted by Crippen LogP contribution is 2.27. The van der Waals surface area contributed by atoms with Crippen molar-refractivity contribution in [2.75, 3.05) is 11.9 Å². The number of nitrogens with one attached hydrogen (secondary N) is 2. The number of amides is 2. The third kappa shape index (κ3) is 5.23. The van der Waals surface area contributed by atoms with Crippen molar-refractivity contribution in [2.24, 2.45) is 0 Å². The number of ether oxygens (including phenoxy) is 1. The van der Waals surface area contributed by atoms with Crippen LogP contribution in [0.15, 0.2) is 16.3 Å². The smallest absolute Gasteiger partial charge is 0.349 e. The molecular weight excluding hydrogens is 392 g/mol. The van der Waals surface area contributed by atoms with Crippen molar-refractivity contribution in [2.45, 2.75) is 39.0 Å². The second kappa shape index (κ2) is 8.44. The first-order valence-electron chi connectivity index (χ1n) is 8.05. The predicted molar refractivity (Wildman–Crippen MR) is 100 cm³/mol. The van der Waals surface area contributed by atoms with Crippen molar-refractivity contribution in [1.82, 2.24) is 14.7 Å². The van der Waals surface area contributed by atoms with Gasteiger partial charge in [-0.1, -0.05) is 6.92 Å². The van der Waals surface area contributed by atoms with Crippen LogP contribution in [0.1, 0.15) is 40.0 Å². The van der Waals surface area contributed by atoms with Gasteiger partial charge in [0.2, 0.25) is 5.95 Å². The maximum absolute atomic E-state index is 12.6. The van der Waals surface area contributed by atoms with Crippen molar-refractivity contribution in [3.63, 3.8) is 0 Å². The normalized spacial score (nSPS) is 11.1. The Morgan fingerprint density at radius 2 is 1.81 bits per heavy atom. The molecule has 2 amide bonds. The maximum Gasteiger partial charge on any atom is 0.349 e. The molecule has 0 spiro atoms. The van der Waals surface area contributed by atoms with Crippen molar-refractivity contribution in [3.8, 4) is 0 Å². The molecule has 0 saturated carbocycles. The number of hydrogen-bond donors (Lipinski definition) is 2. The molecule has 146 valence electrons. The third-order valence-corrected chi connectivity index (χ3v) is 5.97. The zero-order valence-corrected chi connectivity index (χ0v) is 17.0. The van der Waals surface area contributed by atoms with Gasteiger partial charge >= 0.3 is 12.0 Å². The fourth-order valence-electron chi connectivity index (χ4n) is 2.25. The lowest BCUT2D eigenvalue weighted by molar-refractivity contribution is 0.0506. The monoisotopic (exact) mass is 412 g/mol. The van der Waals surface area contributed by atoms with E-state index in [1.165, 1.54) is 12.3 Å². The first kappa shape index (κ1) is 20.8. The summed E-state index contributed by atoms with van der Waals surface area (Å²) in [5.41, 5.74) is 1.58. The van der Waals surface area contributed by atoms with Crippen LogP contribution in [-0.4, -0.2) is 37.0 Å². The van der Waals surface area contributed by atoms with Crippen molar-refractivity contribution in [3.05, 3.63) is 33.3 Å². The minimum absolute atomic E-state index is 0.0233. The Kier molecular flexibility index (Phi) is 6.50. The van der Waals surface area contributed by atoms with E-state index < -0.39 is 22.0 Å². The Labute approximate surface area is 161 Å². The van der Waals surface area contributed by atoms with Gasteiger partial charge in [0.1, 0.15) is 9.77 Å². The van der Waals surface area contributed by atoms with E-state index in [4.69, 9.17) is 4.74 Å². The van der Waals surface area contributed by atoms with Crippen LogP contribution in [0, 0.1) is 20.8 Å². The van der Waals surface area contributed by atoms with Gasteiger partial charge in [0.05, 0.1) is 6.61 Å². The predicted octanol–water partition coefficient (Wildman–Crippen LogP) is 2.54. The van der Waals surface area contributed by atoms with Crippen LogP contribution in [0.2, 0.25) is 0 Å². The Hall–Kier alpha value is -2.53. The standard InChI is InChI=1S/C16H20N4O5S2/c1-5-6-25-14(21)12-13(9(2)8-26-12)27(23,24)20-16(22)19-15-17-10(3)7-11(4)18-15/h7-8H,5-6H2,1-4H3,(H2,17,18,19,20,22). The molecule has 2 aromatic heterocycles. The van der Waals surface area contributed by atoms with Gasteiger partial charge in [-0.05, 0) is 44.2 Å². The molecule has 0 atom stereocenters. The number of sulfonamides is 1. The third-order valence-electron chi connectivity index (χ3n) is 3.24. The average Bonchev–Trinajstić information content (AvgIpc) is 2.93. The molecule has 27 heavy (non-hydrogen) atoms. The van der Waals surface area contributed by atoms with Gasteiger partial charge in [0.25, 0.3) is 10.0 Å². The Balaban J connectivity index is 2.22. The molecule has 2 N–H and O–H groups in total. The highest BCUT2D eigenvalue weighted by molar-refractivity contribution is 7.90. The zero-order chi connectivity index (χ0) is 20.2. The van der Waals surface area contributed by atoms with Gasteiger partial charge < -0.3 is 4.74 Å². The van der Waals surface area contributed by atoms with Crippen LogP contribution in [0.25, 0.3) is 0 Å². The van der Waals surface area contributed by atoms with Crippen LogP contribution in [0.4, 0.5) is 10.7 Å². The van der Waals surface area contributed by atoms with E-state index in [2.05, 4.69) is 15.3 Å². The summed E-state index contributed by atoms with van der Waals surface area (Å²) in [5, 5.41) is 3.80. The quantitative estimate of drug-likeness (QED) is 0.698. The van der Waals surface area contributed by atoms with Gasteiger partial charge in [0, 0.05) is 11.4 Å². The number of carbonyl (C=O) groups excluding carboxylic acids is 2. The van der Waals surface area contributed by atoms with Crippen LogP contribution >= 0.6 is 11.3 Å². The second-order valence-corrected chi connectivity index (χ2v) is 8.25. The van der Waals surface area contributed by atoms with E-state index in [0.717, 1.165) is 11.3 Å². The molecule has 0 bridgehead atoms. The summed E-state index contributed by atoms with van der Waals surface area (Å²) in [5.74, 6) is -0.766. The molecular formula is C16H20N4O5S2. The van der Waals surface area contributed by atoms with Crippen LogP contribution in [-0.2, 0) is 14.8 Å². The number of nitrogens with zero attached hydrogens (tertiary/aromatic N) is 2. The Morgan fingerprint density at radius 1 is 1.19 bits per heavy atom. The topological polar surface area (TPSA) is 127 Å². The Bertz CT molecular complexity index is 949. The van der Waals surface area contributed by atoms with Gasteiger partial charge in [-0.15, -0.1) is 11.3 Å². The lowest BCUT2D eigenvalue weighted by atomic mass is 10.3. The second-order valence-electron chi connectivity index (χ2n) is 5.75. The number of hydrogen-bond acceptors (Lipinski definition) is 8. The number of aromatic nitrogens is 2. The van der Waals surface area contributed by atoms with Gasteiger partial charge in [-0.3, -0.25) is 5.32 Å². The minimum Gasteiger partial charge on any atom is -0.461 e. The summed E-state index contributed by atoms with van der Waals surface area (Å²) in [7, 11) is -4.30. The summed E-state index contributed by atoms with van der Waals surface area (Å²) in [6, 6.07) is 0.682. The summed E-state index contributed by atoms with van der Waals surface area (Å²) in [6.45, 7) is 6.97. The number of urea groups is 1.